The Morgan fingerprint density at radius 1 is 0.889 bits per heavy atom. The molecule has 1 aliphatic rings. The molecule has 0 unspecified atom stereocenters. The van der Waals surface area contributed by atoms with Gasteiger partial charge in [0, 0.05) is 24.3 Å². The molecule has 2 heteroatoms. The number of Topliss-reactive ketones (excluding diaryl/α,β-unsaturated/α-hetero) is 1. The van der Waals surface area contributed by atoms with Crippen molar-refractivity contribution in [1.29, 1.82) is 0 Å². The second-order valence-electron chi connectivity index (χ2n) is 7.04. The number of nitrogens with zero attached hydrogens (tertiary/aromatic N) is 1. The van der Waals surface area contributed by atoms with E-state index in [1.54, 1.807) is 6.92 Å². The first kappa shape index (κ1) is 19.0. The van der Waals surface area contributed by atoms with E-state index < -0.39 is 0 Å². The summed E-state index contributed by atoms with van der Waals surface area (Å²) < 4.78 is 0. The Kier molecular flexibility index (Phi) is 6.88. The summed E-state index contributed by atoms with van der Waals surface area (Å²) in [5.74, 6) is 6.19. The first-order chi connectivity index (χ1) is 13.2. The molecule has 0 aromatic heterocycles. The van der Waals surface area contributed by atoms with Crippen LogP contribution in [0.3, 0.4) is 0 Å². The zero-order chi connectivity index (χ0) is 18.9. The molecule has 1 aliphatic heterocycles. The van der Waals surface area contributed by atoms with Gasteiger partial charge in [0.05, 0.1) is 5.57 Å². The third-order valence-corrected chi connectivity index (χ3v) is 4.93. The lowest BCUT2D eigenvalue weighted by atomic mass is 10.0. The van der Waals surface area contributed by atoms with Crippen LogP contribution in [-0.2, 0) is 4.79 Å². The maximum atomic E-state index is 12.2. The van der Waals surface area contributed by atoms with Crippen LogP contribution in [0, 0.1) is 11.8 Å². The summed E-state index contributed by atoms with van der Waals surface area (Å²) in [6.07, 6.45) is 8.35. The molecule has 0 spiro atoms. The molecule has 2 aromatic rings. The van der Waals surface area contributed by atoms with Crippen molar-refractivity contribution in [3.8, 4) is 11.8 Å². The standard InChI is InChI=1S/C25H27NO/c1-21(27)23(17-16-22-12-6-5-7-13-22)20-24-14-8-9-15-25(24)26-18-10-3-2-4-11-19-26/h5-9,12-15,20H,2-4,10-11,18-19H2,1H3/b23-20+. The van der Waals surface area contributed by atoms with Gasteiger partial charge < -0.3 is 4.90 Å². The van der Waals surface area contributed by atoms with Crippen LogP contribution in [0.15, 0.2) is 60.2 Å². The Labute approximate surface area is 162 Å². The molecule has 3 rings (SSSR count). The van der Waals surface area contributed by atoms with Crippen molar-refractivity contribution in [3.63, 3.8) is 0 Å². The number of carbonyl (C=O) groups excluding carboxylic acids is 1. The highest BCUT2D eigenvalue weighted by atomic mass is 16.1. The lowest BCUT2D eigenvalue weighted by Gasteiger charge is -2.28. The monoisotopic (exact) mass is 357 g/mol. The number of allylic oxidation sites excluding steroid dienone is 1. The lowest BCUT2D eigenvalue weighted by Crippen LogP contribution is -2.27. The average molecular weight is 357 g/mol. The Hall–Kier alpha value is -2.79. The van der Waals surface area contributed by atoms with E-state index in [9.17, 15) is 4.79 Å². The minimum absolute atomic E-state index is 0.000834. The molecule has 0 bridgehead atoms. The summed E-state index contributed by atoms with van der Waals surface area (Å²) in [5.41, 5.74) is 3.75. The van der Waals surface area contributed by atoms with Gasteiger partial charge in [0.2, 0.25) is 0 Å². The van der Waals surface area contributed by atoms with Crippen LogP contribution in [0.2, 0.25) is 0 Å². The third kappa shape index (κ3) is 5.59. The number of hydrogen-bond acceptors (Lipinski definition) is 2. The summed E-state index contributed by atoms with van der Waals surface area (Å²) in [5, 5.41) is 0. The second-order valence-corrected chi connectivity index (χ2v) is 7.04. The molecule has 0 N–H and O–H groups in total. The zero-order valence-electron chi connectivity index (χ0n) is 16.1. The molecule has 2 nitrogen and oxygen atoms in total. The normalized spacial score (nSPS) is 15.3. The molecule has 1 saturated heterocycles. The predicted molar refractivity (Wildman–Crippen MR) is 114 cm³/mol. The number of ketones is 1. The van der Waals surface area contributed by atoms with Crippen LogP contribution >= 0.6 is 0 Å². The van der Waals surface area contributed by atoms with Crippen molar-refractivity contribution in [3.05, 3.63) is 71.3 Å². The molecule has 0 amide bonds. The predicted octanol–water partition coefficient (Wildman–Crippen LogP) is 5.48. The van der Waals surface area contributed by atoms with Gasteiger partial charge in [-0.2, -0.15) is 0 Å². The van der Waals surface area contributed by atoms with Gasteiger partial charge in [0.25, 0.3) is 0 Å². The third-order valence-electron chi connectivity index (χ3n) is 4.93. The summed E-state index contributed by atoms with van der Waals surface area (Å²) in [7, 11) is 0. The molecule has 27 heavy (non-hydrogen) atoms. The van der Waals surface area contributed by atoms with Crippen molar-refractivity contribution in [2.45, 2.75) is 39.0 Å². The van der Waals surface area contributed by atoms with Crippen LogP contribution < -0.4 is 4.90 Å². The summed E-state index contributed by atoms with van der Waals surface area (Å²) in [4.78, 5) is 14.6. The first-order valence-corrected chi connectivity index (χ1v) is 9.88. The lowest BCUT2D eigenvalue weighted by molar-refractivity contribution is -0.113. The molecule has 0 aliphatic carbocycles. The number of carbonyl (C=O) groups is 1. The van der Waals surface area contributed by atoms with E-state index in [2.05, 4.69) is 34.9 Å². The number of anilines is 1. The molecule has 2 aromatic carbocycles. The molecule has 1 fully saturated rings. The Balaban J connectivity index is 1.91. The van der Waals surface area contributed by atoms with Gasteiger partial charge in [0.1, 0.15) is 0 Å². The van der Waals surface area contributed by atoms with Gasteiger partial charge in [0.15, 0.2) is 5.78 Å². The minimum atomic E-state index is 0.000834. The Bertz CT molecular complexity index is 847. The van der Waals surface area contributed by atoms with E-state index in [-0.39, 0.29) is 5.78 Å². The maximum absolute atomic E-state index is 12.2. The van der Waals surface area contributed by atoms with Crippen LogP contribution in [0.25, 0.3) is 6.08 Å². The molecule has 0 atom stereocenters. The van der Waals surface area contributed by atoms with Gasteiger partial charge in [-0.25, -0.2) is 0 Å². The van der Waals surface area contributed by atoms with Crippen molar-refractivity contribution in [1.82, 2.24) is 0 Å². The highest BCUT2D eigenvalue weighted by Gasteiger charge is 2.12. The number of para-hydroxylation sites is 1. The molecule has 1 heterocycles. The van der Waals surface area contributed by atoms with Gasteiger partial charge in [-0.3, -0.25) is 4.79 Å². The molecule has 138 valence electrons. The second kappa shape index (κ2) is 9.78. The Morgan fingerprint density at radius 2 is 1.52 bits per heavy atom. The van der Waals surface area contributed by atoms with Crippen molar-refractivity contribution in [2.75, 3.05) is 18.0 Å². The first-order valence-electron chi connectivity index (χ1n) is 9.88. The zero-order valence-corrected chi connectivity index (χ0v) is 16.1. The van der Waals surface area contributed by atoms with Crippen LogP contribution in [0.4, 0.5) is 5.69 Å². The number of hydrogen-bond donors (Lipinski definition) is 0. The fourth-order valence-corrected chi connectivity index (χ4v) is 3.43. The highest BCUT2D eigenvalue weighted by Crippen LogP contribution is 2.25. The van der Waals surface area contributed by atoms with Gasteiger partial charge >= 0.3 is 0 Å². The summed E-state index contributed by atoms with van der Waals surface area (Å²) >= 11 is 0. The topological polar surface area (TPSA) is 20.3 Å². The van der Waals surface area contributed by atoms with E-state index in [0.29, 0.717) is 5.57 Å². The number of rotatable bonds is 3. The van der Waals surface area contributed by atoms with Crippen LogP contribution in [0.5, 0.6) is 0 Å². The van der Waals surface area contributed by atoms with E-state index in [1.807, 2.05) is 42.5 Å². The van der Waals surface area contributed by atoms with Gasteiger partial charge in [-0.05, 0) is 49.6 Å². The number of benzene rings is 2. The van der Waals surface area contributed by atoms with Crippen LogP contribution in [-0.4, -0.2) is 18.9 Å². The summed E-state index contributed by atoms with van der Waals surface area (Å²) in [6.45, 7) is 3.75. The van der Waals surface area contributed by atoms with E-state index >= 15 is 0 Å². The average Bonchev–Trinajstić information content (AvgIpc) is 2.66. The molecular weight excluding hydrogens is 330 g/mol. The quantitative estimate of drug-likeness (QED) is 0.535. The fraction of sp³-hybridized carbons (Fsp3) is 0.320. The fourth-order valence-electron chi connectivity index (χ4n) is 3.43. The van der Waals surface area contributed by atoms with Crippen molar-refractivity contribution < 1.29 is 4.79 Å². The van der Waals surface area contributed by atoms with Gasteiger partial charge in [-0.15, -0.1) is 0 Å². The van der Waals surface area contributed by atoms with Crippen LogP contribution in [0.1, 0.15) is 50.2 Å². The highest BCUT2D eigenvalue weighted by molar-refractivity contribution is 6.03. The minimum Gasteiger partial charge on any atom is -0.371 e. The molecule has 0 radical (unpaired) electrons. The smallest absolute Gasteiger partial charge is 0.168 e. The van der Waals surface area contributed by atoms with E-state index in [4.69, 9.17) is 0 Å². The molecule has 0 saturated carbocycles. The molecular formula is C25H27NO. The SMILES string of the molecule is CC(=O)/C(C#Cc1ccccc1)=C/c1ccccc1N1CCCCCCC1. The van der Waals surface area contributed by atoms with E-state index in [0.717, 1.165) is 24.2 Å². The maximum Gasteiger partial charge on any atom is 0.168 e. The van der Waals surface area contributed by atoms with Gasteiger partial charge in [-0.1, -0.05) is 67.5 Å². The van der Waals surface area contributed by atoms with Crippen molar-refractivity contribution >= 4 is 17.5 Å². The Morgan fingerprint density at radius 3 is 2.22 bits per heavy atom. The van der Waals surface area contributed by atoms with Crippen molar-refractivity contribution in [2.24, 2.45) is 0 Å². The summed E-state index contributed by atoms with van der Waals surface area (Å²) in [6, 6.07) is 18.1. The largest absolute Gasteiger partial charge is 0.371 e. The van der Waals surface area contributed by atoms with E-state index in [1.165, 1.54) is 37.8 Å².